The van der Waals surface area contributed by atoms with Crippen molar-refractivity contribution < 1.29 is 0 Å². The van der Waals surface area contributed by atoms with Gasteiger partial charge in [0.05, 0.1) is 16.6 Å². The number of hydrogen-bond acceptors (Lipinski definition) is 2. The van der Waals surface area contributed by atoms with Gasteiger partial charge in [0.1, 0.15) is 0 Å². The number of benzene rings is 8. The molecular formula is C50H34N2. The predicted molar refractivity (Wildman–Crippen MR) is 217 cm³/mol. The van der Waals surface area contributed by atoms with Gasteiger partial charge in [0.15, 0.2) is 0 Å². The average molecular weight is 663 g/mol. The Hall–Kier alpha value is -6.77. The number of fused-ring (bicyclic) bond motifs is 5. The lowest BCUT2D eigenvalue weighted by Gasteiger charge is -2.34. The average Bonchev–Trinajstić information content (AvgIpc) is 3.53. The molecular weight excluding hydrogens is 629 g/mol. The van der Waals surface area contributed by atoms with Gasteiger partial charge in [-0.25, -0.2) is 0 Å². The fourth-order valence-corrected chi connectivity index (χ4v) is 8.45. The lowest BCUT2D eigenvalue weighted by atomic mass is 9.68. The third-order valence-corrected chi connectivity index (χ3v) is 10.7. The van der Waals surface area contributed by atoms with Gasteiger partial charge >= 0.3 is 0 Å². The van der Waals surface area contributed by atoms with Gasteiger partial charge < -0.3 is 4.90 Å². The van der Waals surface area contributed by atoms with E-state index in [-0.39, 0.29) is 0 Å². The first-order chi connectivity index (χ1) is 25.8. The second-order valence-corrected chi connectivity index (χ2v) is 13.6. The van der Waals surface area contributed by atoms with Crippen LogP contribution in [0.3, 0.4) is 0 Å². The topological polar surface area (TPSA) is 16.1 Å². The highest BCUT2D eigenvalue weighted by Crippen LogP contribution is 2.59. The zero-order valence-electron chi connectivity index (χ0n) is 28.5. The molecule has 1 aromatic heterocycles. The standard InChI is InChI=1S/C50H34N2/c1-4-17-40(18-5-1)50(41-19-6-2-7-20-41)45-24-13-12-23-44(45)49-46(50)25-14-26-48(49)52(42-21-8-3-9-22-42)43-29-30-47-38(33-43)32-39(34-51-47)37-28-27-35-15-10-11-16-36(35)31-37/h1-34H. The van der Waals surface area contributed by atoms with E-state index in [1.54, 1.807) is 0 Å². The van der Waals surface area contributed by atoms with Gasteiger partial charge in [-0.3, -0.25) is 4.98 Å². The normalized spacial score (nSPS) is 12.8. The van der Waals surface area contributed by atoms with Crippen LogP contribution in [0.5, 0.6) is 0 Å². The van der Waals surface area contributed by atoms with Crippen molar-refractivity contribution in [2.45, 2.75) is 5.41 Å². The van der Waals surface area contributed by atoms with E-state index in [1.807, 2.05) is 6.20 Å². The quantitative estimate of drug-likeness (QED) is 0.176. The van der Waals surface area contributed by atoms with Crippen LogP contribution in [-0.4, -0.2) is 4.98 Å². The molecule has 1 aliphatic carbocycles. The number of anilines is 3. The summed E-state index contributed by atoms with van der Waals surface area (Å²) in [6.45, 7) is 0. The third kappa shape index (κ3) is 4.69. The second-order valence-electron chi connectivity index (χ2n) is 13.6. The van der Waals surface area contributed by atoms with Gasteiger partial charge in [-0.1, -0.05) is 152 Å². The largest absolute Gasteiger partial charge is 0.310 e. The number of para-hydroxylation sites is 1. The molecule has 0 N–H and O–H groups in total. The molecule has 0 aliphatic heterocycles. The predicted octanol–water partition coefficient (Wildman–Crippen LogP) is 12.9. The van der Waals surface area contributed by atoms with Crippen LogP contribution in [0.15, 0.2) is 206 Å². The Morgan fingerprint density at radius 2 is 1.04 bits per heavy atom. The molecule has 0 saturated carbocycles. The summed E-state index contributed by atoms with van der Waals surface area (Å²) < 4.78 is 0. The zero-order chi connectivity index (χ0) is 34.5. The molecule has 0 unspecified atom stereocenters. The Labute approximate surface area is 303 Å². The van der Waals surface area contributed by atoms with E-state index in [0.717, 1.165) is 39.1 Å². The Balaban J connectivity index is 1.21. The second kappa shape index (κ2) is 12.2. The minimum absolute atomic E-state index is 0.477. The van der Waals surface area contributed by atoms with Gasteiger partial charge in [-0.05, 0) is 92.7 Å². The van der Waals surface area contributed by atoms with E-state index in [0.29, 0.717) is 0 Å². The number of aromatic nitrogens is 1. The van der Waals surface area contributed by atoms with Crippen LogP contribution in [0.4, 0.5) is 17.1 Å². The van der Waals surface area contributed by atoms with Crippen LogP contribution in [0, 0.1) is 0 Å². The molecule has 52 heavy (non-hydrogen) atoms. The van der Waals surface area contributed by atoms with Crippen LogP contribution in [-0.2, 0) is 5.41 Å². The van der Waals surface area contributed by atoms with Gasteiger partial charge in [-0.2, -0.15) is 0 Å². The van der Waals surface area contributed by atoms with E-state index in [1.165, 1.54) is 44.2 Å². The number of pyridine rings is 1. The third-order valence-electron chi connectivity index (χ3n) is 10.7. The lowest BCUT2D eigenvalue weighted by molar-refractivity contribution is 0.768. The first-order valence-electron chi connectivity index (χ1n) is 17.9. The highest BCUT2D eigenvalue weighted by molar-refractivity contribution is 5.99. The first-order valence-corrected chi connectivity index (χ1v) is 17.9. The SMILES string of the molecule is c1ccc(N(c2ccc3ncc(-c4ccc5ccccc5c4)cc3c2)c2cccc3c2-c2ccccc2C3(c2ccccc2)c2ccccc2)cc1. The van der Waals surface area contributed by atoms with E-state index in [2.05, 4.69) is 205 Å². The summed E-state index contributed by atoms with van der Waals surface area (Å²) in [4.78, 5) is 7.36. The molecule has 0 bridgehead atoms. The van der Waals surface area contributed by atoms with Crippen LogP contribution >= 0.6 is 0 Å². The lowest BCUT2D eigenvalue weighted by Crippen LogP contribution is -2.28. The van der Waals surface area contributed by atoms with Crippen molar-refractivity contribution in [2.75, 3.05) is 4.90 Å². The molecule has 0 spiro atoms. The highest BCUT2D eigenvalue weighted by Gasteiger charge is 2.47. The molecule has 0 atom stereocenters. The maximum atomic E-state index is 4.94. The van der Waals surface area contributed by atoms with Crippen LogP contribution in [0.1, 0.15) is 22.3 Å². The Morgan fingerprint density at radius 3 is 1.81 bits per heavy atom. The van der Waals surface area contributed by atoms with Gasteiger partial charge in [0.2, 0.25) is 0 Å². The zero-order valence-corrected chi connectivity index (χ0v) is 28.5. The van der Waals surface area contributed by atoms with Crippen molar-refractivity contribution in [3.63, 3.8) is 0 Å². The smallest absolute Gasteiger partial charge is 0.0714 e. The molecule has 1 aliphatic rings. The van der Waals surface area contributed by atoms with Crippen molar-refractivity contribution in [1.29, 1.82) is 0 Å². The van der Waals surface area contributed by atoms with E-state index >= 15 is 0 Å². The van der Waals surface area contributed by atoms with E-state index in [4.69, 9.17) is 4.98 Å². The summed E-state index contributed by atoms with van der Waals surface area (Å²) in [6, 6.07) is 72.7. The molecule has 2 heteroatoms. The minimum Gasteiger partial charge on any atom is -0.310 e. The molecule has 244 valence electrons. The summed E-state index contributed by atoms with van der Waals surface area (Å²) >= 11 is 0. The highest BCUT2D eigenvalue weighted by atomic mass is 15.1. The molecule has 0 fully saturated rings. The van der Waals surface area contributed by atoms with Crippen molar-refractivity contribution >= 4 is 38.7 Å². The maximum Gasteiger partial charge on any atom is 0.0714 e. The van der Waals surface area contributed by atoms with Crippen LogP contribution in [0.2, 0.25) is 0 Å². The molecule has 10 rings (SSSR count). The number of hydrogen-bond donors (Lipinski definition) is 0. The van der Waals surface area contributed by atoms with Gasteiger partial charge in [0, 0.05) is 34.1 Å². The number of nitrogens with zero attached hydrogens (tertiary/aromatic N) is 2. The molecule has 8 aromatic carbocycles. The molecule has 0 saturated heterocycles. The molecule has 2 nitrogen and oxygen atoms in total. The molecule has 0 amide bonds. The fourth-order valence-electron chi connectivity index (χ4n) is 8.45. The van der Waals surface area contributed by atoms with Crippen LogP contribution < -0.4 is 4.90 Å². The van der Waals surface area contributed by atoms with E-state index < -0.39 is 5.41 Å². The summed E-state index contributed by atoms with van der Waals surface area (Å²) in [6.07, 6.45) is 1.99. The van der Waals surface area contributed by atoms with Crippen molar-refractivity contribution in [3.05, 3.63) is 229 Å². The maximum absolute atomic E-state index is 4.94. The number of rotatable bonds is 6. The van der Waals surface area contributed by atoms with Crippen molar-refractivity contribution in [2.24, 2.45) is 0 Å². The monoisotopic (exact) mass is 662 g/mol. The molecule has 1 heterocycles. The summed E-state index contributed by atoms with van der Waals surface area (Å²) in [7, 11) is 0. The van der Waals surface area contributed by atoms with Crippen molar-refractivity contribution in [3.8, 4) is 22.3 Å². The van der Waals surface area contributed by atoms with Gasteiger partial charge in [0.25, 0.3) is 0 Å². The minimum atomic E-state index is -0.477. The summed E-state index contributed by atoms with van der Waals surface area (Å²) in [5.41, 5.74) is 13.7. The fraction of sp³-hybridized carbons (Fsp3) is 0.0200. The molecule has 9 aromatic rings. The first kappa shape index (κ1) is 30.1. The molecule has 0 radical (unpaired) electrons. The van der Waals surface area contributed by atoms with E-state index in [9.17, 15) is 0 Å². The Morgan fingerprint density at radius 1 is 0.404 bits per heavy atom. The Kier molecular flexibility index (Phi) is 7.07. The summed E-state index contributed by atoms with van der Waals surface area (Å²) in [5, 5.41) is 3.56. The Bertz CT molecular complexity index is 2700. The van der Waals surface area contributed by atoms with Crippen LogP contribution in [0.25, 0.3) is 43.9 Å². The summed E-state index contributed by atoms with van der Waals surface area (Å²) in [5.74, 6) is 0. The van der Waals surface area contributed by atoms with Crippen molar-refractivity contribution in [1.82, 2.24) is 4.98 Å². The van der Waals surface area contributed by atoms with Gasteiger partial charge in [-0.15, -0.1) is 0 Å².